The number of Topliss-reactive ketones (excluding diaryl/α,β-unsaturated/α-hetero) is 1. The van der Waals surface area contributed by atoms with Crippen molar-refractivity contribution < 1.29 is 13.6 Å². The van der Waals surface area contributed by atoms with Crippen LogP contribution in [0.2, 0.25) is 0 Å². The van der Waals surface area contributed by atoms with E-state index in [9.17, 15) is 13.6 Å². The first kappa shape index (κ1) is 16.3. The van der Waals surface area contributed by atoms with Gasteiger partial charge in [-0.05, 0) is 29.7 Å². The van der Waals surface area contributed by atoms with Gasteiger partial charge in [0, 0.05) is 22.6 Å². The highest BCUT2D eigenvalue weighted by molar-refractivity contribution is 7.80. The van der Waals surface area contributed by atoms with Crippen LogP contribution in [0, 0.1) is 11.6 Å². The molecule has 0 fully saturated rings. The molecular formula is C19H11F2N3OS. The molecule has 0 saturated carbocycles. The van der Waals surface area contributed by atoms with Gasteiger partial charge in [-0.3, -0.25) is 10.2 Å². The zero-order valence-electron chi connectivity index (χ0n) is 13.2. The fraction of sp³-hybridized carbons (Fsp3) is 0. The number of ketones is 1. The minimum atomic E-state index is -0.782. The molecule has 0 amide bonds. The lowest BCUT2D eigenvalue weighted by Crippen LogP contribution is -2.27. The molecule has 7 heteroatoms. The van der Waals surface area contributed by atoms with E-state index in [4.69, 9.17) is 12.2 Å². The molecule has 0 unspecified atom stereocenters. The Morgan fingerprint density at radius 3 is 2.46 bits per heavy atom. The largest absolute Gasteiger partial charge is 0.329 e. The molecule has 0 heterocycles. The molecule has 1 aliphatic carbocycles. The molecular weight excluding hydrogens is 356 g/mol. The maximum atomic E-state index is 13.7. The first-order chi connectivity index (χ1) is 12.5. The highest BCUT2D eigenvalue weighted by atomic mass is 32.1. The van der Waals surface area contributed by atoms with Crippen molar-refractivity contribution in [1.82, 2.24) is 5.43 Å². The number of rotatable bonds is 2. The molecule has 4 rings (SSSR count). The van der Waals surface area contributed by atoms with E-state index in [-0.39, 0.29) is 22.3 Å². The number of hydrogen-bond acceptors (Lipinski definition) is 3. The lowest BCUT2D eigenvalue weighted by atomic mass is 10.1. The van der Waals surface area contributed by atoms with E-state index in [0.29, 0.717) is 11.1 Å². The predicted octanol–water partition coefficient (Wildman–Crippen LogP) is 4.01. The van der Waals surface area contributed by atoms with E-state index >= 15 is 0 Å². The Kier molecular flexibility index (Phi) is 3.93. The molecule has 26 heavy (non-hydrogen) atoms. The monoisotopic (exact) mass is 367 g/mol. The summed E-state index contributed by atoms with van der Waals surface area (Å²) >= 11 is 5.07. The van der Waals surface area contributed by atoms with Crippen LogP contribution in [0.3, 0.4) is 0 Å². The van der Waals surface area contributed by atoms with Crippen LogP contribution >= 0.6 is 12.2 Å². The van der Waals surface area contributed by atoms with Gasteiger partial charge in [0.25, 0.3) is 0 Å². The molecule has 3 aromatic rings. The Labute approximate surface area is 152 Å². The molecule has 128 valence electrons. The fourth-order valence-corrected chi connectivity index (χ4v) is 3.09. The molecule has 0 radical (unpaired) electrons. The van der Waals surface area contributed by atoms with Crippen molar-refractivity contribution in [2.45, 2.75) is 0 Å². The van der Waals surface area contributed by atoms with Crippen molar-refractivity contribution in [2.75, 3.05) is 5.32 Å². The number of hydrogen-bond donors (Lipinski definition) is 2. The van der Waals surface area contributed by atoms with Crippen LogP contribution in [0.1, 0.15) is 15.9 Å². The Morgan fingerprint density at radius 1 is 1.00 bits per heavy atom. The maximum absolute atomic E-state index is 13.7. The molecule has 0 aliphatic heterocycles. The van der Waals surface area contributed by atoms with E-state index in [1.165, 1.54) is 6.07 Å². The van der Waals surface area contributed by atoms with Crippen LogP contribution in [0.5, 0.6) is 0 Å². The molecule has 0 spiro atoms. The number of halogens is 2. The number of thiocarbonyl (C=S) groups is 1. The van der Waals surface area contributed by atoms with Gasteiger partial charge in [0.05, 0.1) is 5.69 Å². The fourth-order valence-electron chi connectivity index (χ4n) is 2.94. The minimum absolute atomic E-state index is 0.00670. The van der Waals surface area contributed by atoms with Crippen molar-refractivity contribution in [3.63, 3.8) is 0 Å². The van der Waals surface area contributed by atoms with Crippen LogP contribution in [-0.2, 0) is 0 Å². The zero-order chi connectivity index (χ0) is 18.3. The summed E-state index contributed by atoms with van der Waals surface area (Å²) in [6, 6.07) is 14.2. The molecule has 1 aliphatic rings. The van der Waals surface area contributed by atoms with E-state index in [0.717, 1.165) is 22.9 Å². The molecule has 0 bridgehead atoms. The second-order valence-electron chi connectivity index (χ2n) is 5.69. The Morgan fingerprint density at radius 2 is 1.73 bits per heavy atom. The lowest BCUT2D eigenvalue weighted by molar-refractivity contribution is 0.106. The predicted molar refractivity (Wildman–Crippen MR) is 101 cm³/mol. The summed E-state index contributed by atoms with van der Waals surface area (Å²) in [4.78, 5) is 12.6. The second kappa shape index (κ2) is 6.27. The second-order valence-corrected chi connectivity index (χ2v) is 6.10. The summed E-state index contributed by atoms with van der Waals surface area (Å²) in [5.74, 6) is -1.68. The van der Waals surface area contributed by atoms with Crippen LogP contribution in [0.25, 0.3) is 10.8 Å². The average Bonchev–Trinajstić information content (AvgIpc) is 2.90. The highest BCUT2D eigenvalue weighted by Gasteiger charge is 2.28. The average molecular weight is 367 g/mol. The number of nitrogens with zero attached hydrogens (tertiary/aromatic N) is 1. The van der Waals surface area contributed by atoms with Gasteiger partial charge < -0.3 is 5.32 Å². The van der Waals surface area contributed by atoms with Gasteiger partial charge in [0.1, 0.15) is 17.3 Å². The molecule has 3 aromatic carbocycles. The lowest BCUT2D eigenvalue weighted by Gasteiger charge is -2.08. The van der Waals surface area contributed by atoms with Crippen molar-refractivity contribution in [3.05, 3.63) is 77.4 Å². The van der Waals surface area contributed by atoms with E-state index in [1.807, 2.05) is 30.3 Å². The number of hydrazone groups is 1. The Balaban J connectivity index is 1.59. The molecule has 0 saturated heterocycles. The van der Waals surface area contributed by atoms with Gasteiger partial charge >= 0.3 is 0 Å². The van der Waals surface area contributed by atoms with Crippen LogP contribution < -0.4 is 10.7 Å². The summed E-state index contributed by atoms with van der Waals surface area (Å²) in [6.45, 7) is 0. The summed E-state index contributed by atoms with van der Waals surface area (Å²) in [5.41, 5.74) is 4.09. The summed E-state index contributed by atoms with van der Waals surface area (Å²) in [6.07, 6.45) is 0. The summed E-state index contributed by atoms with van der Waals surface area (Å²) in [5, 5.41) is 8.47. The quantitative estimate of drug-likeness (QED) is 0.531. The number of benzene rings is 3. The summed E-state index contributed by atoms with van der Waals surface area (Å²) < 4.78 is 26.6. The Hall–Kier alpha value is -3.19. The third kappa shape index (κ3) is 2.72. The first-order valence-electron chi connectivity index (χ1n) is 7.71. The first-order valence-corrected chi connectivity index (χ1v) is 8.12. The third-order valence-corrected chi connectivity index (χ3v) is 4.26. The van der Waals surface area contributed by atoms with Crippen molar-refractivity contribution in [1.29, 1.82) is 0 Å². The van der Waals surface area contributed by atoms with Gasteiger partial charge in [-0.1, -0.05) is 36.4 Å². The van der Waals surface area contributed by atoms with Crippen LogP contribution in [0.15, 0.2) is 59.7 Å². The van der Waals surface area contributed by atoms with E-state index in [1.54, 1.807) is 6.07 Å². The molecule has 4 nitrogen and oxygen atoms in total. The van der Waals surface area contributed by atoms with Crippen molar-refractivity contribution >= 4 is 45.3 Å². The third-order valence-electron chi connectivity index (χ3n) is 4.07. The normalized spacial score (nSPS) is 14.1. The highest BCUT2D eigenvalue weighted by Crippen LogP contribution is 2.30. The SMILES string of the molecule is O=C1/C(=N\NC(=S)Nc2ccc(F)cc2F)c2cccc3cccc1c23. The topological polar surface area (TPSA) is 53.5 Å². The molecule has 0 atom stereocenters. The number of anilines is 1. The molecule has 2 N–H and O–H groups in total. The van der Waals surface area contributed by atoms with Crippen LogP contribution in [0.4, 0.5) is 14.5 Å². The van der Waals surface area contributed by atoms with Gasteiger partial charge in [-0.2, -0.15) is 5.10 Å². The number of nitrogens with one attached hydrogen (secondary N) is 2. The zero-order valence-corrected chi connectivity index (χ0v) is 14.0. The van der Waals surface area contributed by atoms with Gasteiger partial charge in [-0.25, -0.2) is 8.78 Å². The Bertz CT molecular complexity index is 1110. The smallest absolute Gasteiger partial charge is 0.214 e. The molecule has 0 aromatic heterocycles. The van der Waals surface area contributed by atoms with E-state index < -0.39 is 11.6 Å². The van der Waals surface area contributed by atoms with Gasteiger partial charge in [0.15, 0.2) is 5.11 Å². The maximum Gasteiger partial charge on any atom is 0.214 e. The van der Waals surface area contributed by atoms with Crippen LogP contribution in [-0.4, -0.2) is 16.6 Å². The standard InChI is InChI=1S/C19H11F2N3OS/c20-11-7-8-15(14(21)9-11)22-19(26)24-23-17-12-5-1-3-10-4-2-6-13(16(10)12)18(17)25/h1-9H,(H2,22,24,26)/b23-17-. The minimum Gasteiger partial charge on any atom is -0.329 e. The summed E-state index contributed by atoms with van der Waals surface area (Å²) in [7, 11) is 0. The van der Waals surface area contributed by atoms with Gasteiger partial charge in [0.2, 0.25) is 5.78 Å². The number of carbonyl (C=O) groups is 1. The number of carbonyl (C=O) groups excluding carboxylic acids is 1. The van der Waals surface area contributed by atoms with Gasteiger partial charge in [-0.15, -0.1) is 0 Å². The van der Waals surface area contributed by atoms with E-state index in [2.05, 4.69) is 15.8 Å². The van der Waals surface area contributed by atoms with Crippen molar-refractivity contribution in [2.24, 2.45) is 5.10 Å². The van der Waals surface area contributed by atoms with Crippen molar-refractivity contribution in [3.8, 4) is 0 Å².